The molecule has 0 aromatic carbocycles. The zero-order valence-electron chi connectivity index (χ0n) is 11.5. The van der Waals surface area contributed by atoms with Crippen LogP contribution in [0, 0.1) is 0 Å². The van der Waals surface area contributed by atoms with E-state index in [2.05, 4.69) is 10.6 Å². The normalized spacial score (nSPS) is 12.4. The SMILES string of the molecule is CCNC(C)CC(=O)N(C)CC(=O)NC(C)C. The molecule has 0 spiro atoms. The molecule has 0 fully saturated rings. The summed E-state index contributed by atoms with van der Waals surface area (Å²) in [6, 6.07) is 0.245. The van der Waals surface area contributed by atoms with Crippen molar-refractivity contribution in [2.75, 3.05) is 20.1 Å². The molecule has 0 aromatic rings. The van der Waals surface area contributed by atoms with E-state index in [0.29, 0.717) is 6.42 Å². The lowest BCUT2D eigenvalue weighted by Crippen LogP contribution is -2.42. The van der Waals surface area contributed by atoms with Crippen LogP contribution in [0.1, 0.15) is 34.1 Å². The van der Waals surface area contributed by atoms with Gasteiger partial charge in [-0.05, 0) is 27.3 Å². The number of nitrogens with one attached hydrogen (secondary N) is 2. The Morgan fingerprint density at radius 2 is 1.82 bits per heavy atom. The number of amides is 2. The van der Waals surface area contributed by atoms with Gasteiger partial charge in [0, 0.05) is 25.6 Å². The van der Waals surface area contributed by atoms with Crippen molar-refractivity contribution in [2.45, 2.75) is 46.2 Å². The molecule has 2 N–H and O–H groups in total. The molecule has 0 rings (SSSR count). The van der Waals surface area contributed by atoms with Gasteiger partial charge < -0.3 is 15.5 Å². The maximum absolute atomic E-state index is 11.8. The number of rotatable bonds is 7. The second-order valence-electron chi connectivity index (χ2n) is 4.63. The van der Waals surface area contributed by atoms with Crippen LogP contribution in [0.5, 0.6) is 0 Å². The first-order chi connectivity index (χ1) is 7.86. The Bertz CT molecular complexity index is 254. The molecule has 1 unspecified atom stereocenters. The zero-order valence-corrected chi connectivity index (χ0v) is 11.5. The van der Waals surface area contributed by atoms with Gasteiger partial charge in [-0.2, -0.15) is 0 Å². The van der Waals surface area contributed by atoms with Crippen LogP contribution in [0.2, 0.25) is 0 Å². The fourth-order valence-corrected chi connectivity index (χ4v) is 1.51. The summed E-state index contributed by atoms with van der Waals surface area (Å²) in [7, 11) is 1.65. The third-order valence-corrected chi connectivity index (χ3v) is 2.29. The minimum absolute atomic E-state index is 0.0163. The highest BCUT2D eigenvalue weighted by atomic mass is 16.2. The molecular weight excluding hydrogens is 218 g/mol. The molecule has 1 atom stereocenters. The molecule has 0 saturated carbocycles. The van der Waals surface area contributed by atoms with E-state index >= 15 is 0 Å². The van der Waals surface area contributed by atoms with E-state index < -0.39 is 0 Å². The van der Waals surface area contributed by atoms with Gasteiger partial charge in [0.2, 0.25) is 11.8 Å². The molecule has 0 aliphatic heterocycles. The van der Waals surface area contributed by atoms with Gasteiger partial charge in [-0.25, -0.2) is 0 Å². The van der Waals surface area contributed by atoms with Gasteiger partial charge in [0.05, 0.1) is 6.54 Å². The van der Waals surface area contributed by atoms with Gasteiger partial charge in [-0.3, -0.25) is 9.59 Å². The molecule has 100 valence electrons. The molecule has 5 nitrogen and oxygen atoms in total. The lowest BCUT2D eigenvalue weighted by atomic mass is 10.2. The first-order valence-electron chi connectivity index (χ1n) is 6.13. The van der Waals surface area contributed by atoms with E-state index in [9.17, 15) is 9.59 Å². The van der Waals surface area contributed by atoms with Crippen molar-refractivity contribution in [3.8, 4) is 0 Å². The molecular formula is C12H25N3O2. The van der Waals surface area contributed by atoms with Crippen molar-refractivity contribution < 1.29 is 9.59 Å². The Morgan fingerprint density at radius 1 is 1.24 bits per heavy atom. The Balaban J connectivity index is 4.00. The summed E-state index contributed by atoms with van der Waals surface area (Å²) >= 11 is 0. The summed E-state index contributed by atoms with van der Waals surface area (Å²) in [5.74, 6) is -0.135. The first kappa shape index (κ1) is 15.9. The van der Waals surface area contributed by atoms with E-state index in [-0.39, 0.29) is 30.4 Å². The van der Waals surface area contributed by atoms with Crippen LogP contribution >= 0.6 is 0 Å². The van der Waals surface area contributed by atoms with Crippen LogP contribution in [-0.4, -0.2) is 48.9 Å². The smallest absolute Gasteiger partial charge is 0.239 e. The van der Waals surface area contributed by atoms with Gasteiger partial charge in [-0.1, -0.05) is 6.92 Å². The highest BCUT2D eigenvalue weighted by Crippen LogP contribution is 1.96. The maximum atomic E-state index is 11.8. The monoisotopic (exact) mass is 243 g/mol. The average Bonchev–Trinajstić information content (AvgIpc) is 2.15. The Labute approximate surface area is 104 Å². The summed E-state index contributed by atoms with van der Waals surface area (Å²) in [6.45, 7) is 8.71. The molecule has 0 bridgehead atoms. The van der Waals surface area contributed by atoms with E-state index in [0.717, 1.165) is 6.54 Å². The van der Waals surface area contributed by atoms with Crippen molar-refractivity contribution in [1.29, 1.82) is 0 Å². The molecule has 0 saturated heterocycles. The van der Waals surface area contributed by atoms with Crippen LogP contribution in [0.15, 0.2) is 0 Å². The van der Waals surface area contributed by atoms with Gasteiger partial charge in [0.25, 0.3) is 0 Å². The summed E-state index contributed by atoms with van der Waals surface area (Å²) in [5, 5.41) is 5.93. The minimum Gasteiger partial charge on any atom is -0.352 e. The predicted molar refractivity (Wildman–Crippen MR) is 68.7 cm³/mol. The molecule has 0 aliphatic rings. The number of nitrogens with zero attached hydrogens (tertiary/aromatic N) is 1. The summed E-state index contributed by atoms with van der Waals surface area (Å²) in [4.78, 5) is 24.7. The lowest BCUT2D eigenvalue weighted by molar-refractivity contribution is -0.135. The van der Waals surface area contributed by atoms with E-state index in [4.69, 9.17) is 0 Å². The highest BCUT2D eigenvalue weighted by Gasteiger charge is 2.15. The first-order valence-corrected chi connectivity index (χ1v) is 6.13. The lowest BCUT2D eigenvalue weighted by Gasteiger charge is -2.20. The van der Waals surface area contributed by atoms with Crippen LogP contribution in [-0.2, 0) is 9.59 Å². The molecule has 5 heteroatoms. The van der Waals surface area contributed by atoms with Crippen LogP contribution in [0.4, 0.5) is 0 Å². The molecule has 0 radical (unpaired) electrons. The fourth-order valence-electron chi connectivity index (χ4n) is 1.51. The molecule has 0 heterocycles. The van der Waals surface area contributed by atoms with Crippen molar-refractivity contribution in [3.63, 3.8) is 0 Å². The van der Waals surface area contributed by atoms with Crippen molar-refractivity contribution >= 4 is 11.8 Å². The van der Waals surface area contributed by atoms with Gasteiger partial charge >= 0.3 is 0 Å². The number of hydrogen-bond acceptors (Lipinski definition) is 3. The van der Waals surface area contributed by atoms with E-state index in [1.54, 1.807) is 7.05 Å². The topological polar surface area (TPSA) is 61.4 Å². The molecule has 0 aliphatic carbocycles. The summed E-state index contributed by atoms with van der Waals surface area (Å²) < 4.78 is 0. The molecule has 2 amide bonds. The number of likely N-dealkylation sites (N-methyl/N-ethyl adjacent to an activating group) is 1. The van der Waals surface area contributed by atoms with Crippen LogP contribution < -0.4 is 10.6 Å². The van der Waals surface area contributed by atoms with E-state index in [1.807, 2.05) is 27.7 Å². The number of hydrogen-bond donors (Lipinski definition) is 2. The Kier molecular flexibility index (Phi) is 7.54. The van der Waals surface area contributed by atoms with Gasteiger partial charge in [0.15, 0.2) is 0 Å². The zero-order chi connectivity index (χ0) is 13.4. The van der Waals surface area contributed by atoms with Gasteiger partial charge in [-0.15, -0.1) is 0 Å². The average molecular weight is 243 g/mol. The maximum Gasteiger partial charge on any atom is 0.239 e. The Hall–Kier alpha value is -1.10. The van der Waals surface area contributed by atoms with Crippen LogP contribution in [0.25, 0.3) is 0 Å². The fraction of sp³-hybridized carbons (Fsp3) is 0.833. The number of carbonyl (C=O) groups is 2. The van der Waals surface area contributed by atoms with Crippen molar-refractivity contribution in [3.05, 3.63) is 0 Å². The molecule has 17 heavy (non-hydrogen) atoms. The van der Waals surface area contributed by atoms with Crippen molar-refractivity contribution in [1.82, 2.24) is 15.5 Å². The quantitative estimate of drug-likeness (QED) is 0.678. The standard InChI is InChI=1S/C12H25N3O2/c1-6-13-10(4)7-12(17)15(5)8-11(16)14-9(2)3/h9-10,13H,6-8H2,1-5H3,(H,14,16). The summed E-state index contributed by atoms with van der Waals surface area (Å²) in [5.41, 5.74) is 0. The van der Waals surface area contributed by atoms with Gasteiger partial charge in [0.1, 0.15) is 0 Å². The van der Waals surface area contributed by atoms with Crippen molar-refractivity contribution in [2.24, 2.45) is 0 Å². The minimum atomic E-state index is -0.119. The summed E-state index contributed by atoms with van der Waals surface area (Å²) in [6.07, 6.45) is 0.416. The third-order valence-electron chi connectivity index (χ3n) is 2.29. The number of carbonyl (C=O) groups excluding carboxylic acids is 2. The largest absolute Gasteiger partial charge is 0.352 e. The van der Waals surface area contributed by atoms with Crippen LogP contribution in [0.3, 0.4) is 0 Å². The Morgan fingerprint density at radius 3 is 2.29 bits per heavy atom. The molecule has 0 aromatic heterocycles. The second kappa shape index (κ2) is 8.06. The van der Waals surface area contributed by atoms with E-state index in [1.165, 1.54) is 4.90 Å². The third kappa shape index (κ3) is 7.74. The second-order valence-corrected chi connectivity index (χ2v) is 4.63. The predicted octanol–water partition coefficient (Wildman–Crippen LogP) is 0.358. The highest BCUT2D eigenvalue weighted by molar-refractivity contribution is 5.84.